The van der Waals surface area contributed by atoms with Crippen LogP contribution in [0, 0.1) is 0 Å². The van der Waals surface area contributed by atoms with Gasteiger partial charge in [0.2, 0.25) is 0 Å². The number of anilines is 1. The lowest BCUT2D eigenvalue weighted by Gasteiger charge is -2.41. The van der Waals surface area contributed by atoms with Gasteiger partial charge in [-0.3, -0.25) is 4.98 Å². The first-order valence-corrected chi connectivity index (χ1v) is 10.2. The average Bonchev–Trinajstić information content (AvgIpc) is 3.06. The molecule has 1 fully saturated rings. The molecule has 5 heterocycles. The van der Waals surface area contributed by atoms with Crippen LogP contribution in [0.1, 0.15) is 11.3 Å². The minimum absolute atomic E-state index is 0.159. The predicted molar refractivity (Wildman–Crippen MR) is 112 cm³/mol. The maximum Gasteiger partial charge on any atom is 0.157 e. The molecule has 7 nitrogen and oxygen atoms in total. The highest BCUT2D eigenvalue weighted by Gasteiger charge is 2.33. The van der Waals surface area contributed by atoms with Gasteiger partial charge in [-0.15, -0.1) is 0 Å². The first kappa shape index (κ1) is 16.7. The molecule has 6 rings (SSSR count). The van der Waals surface area contributed by atoms with Gasteiger partial charge in [-0.2, -0.15) is 9.61 Å². The number of benzene rings is 1. The molecular weight excluding hydrogens is 364 g/mol. The highest BCUT2D eigenvalue weighted by molar-refractivity contribution is 5.87. The second-order valence-electron chi connectivity index (χ2n) is 7.71. The van der Waals surface area contributed by atoms with Crippen LogP contribution >= 0.6 is 0 Å². The zero-order valence-electron chi connectivity index (χ0n) is 16.1. The number of nitrogens with one attached hydrogen (secondary N) is 1. The topological polar surface area (TPSA) is 67.6 Å². The van der Waals surface area contributed by atoms with Gasteiger partial charge in [0, 0.05) is 47.8 Å². The van der Waals surface area contributed by atoms with Crippen LogP contribution < -0.4 is 15.0 Å². The molecule has 2 aliphatic rings. The SMILES string of the molecule is c1cc(OC2CN(c3c4c(nc5ccnn35)CCNCC4)C2)c2ccncc2c1. The molecule has 4 aromatic rings. The molecule has 2 aliphatic heterocycles. The zero-order chi connectivity index (χ0) is 19.2. The minimum atomic E-state index is 0.159. The monoisotopic (exact) mass is 386 g/mol. The van der Waals surface area contributed by atoms with Crippen LogP contribution in [-0.2, 0) is 12.8 Å². The lowest BCUT2D eigenvalue weighted by Crippen LogP contribution is -2.55. The second-order valence-corrected chi connectivity index (χ2v) is 7.71. The molecule has 0 saturated carbocycles. The summed E-state index contributed by atoms with van der Waals surface area (Å²) < 4.78 is 8.34. The van der Waals surface area contributed by atoms with Crippen LogP contribution in [0.2, 0.25) is 0 Å². The van der Waals surface area contributed by atoms with E-state index in [2.05, 4.69) is 26.4 Å². The van der Waals surface area contributed by atoms with Crippen molar-refractivity contribution in [2.45, 2.75) is 18.9 Å². The highest BCUT2D eigenvalue weighted by atomic mass is 16.5. The van der Waals surface area contributed by atoms with Gasteiger partial charge in [-0.25, -0.2) is 4.98 Å². The first-order valence-electron chi connectivity index (χ1n) is 10.2. The van der Waals surface area contributed by atoms with Crippen molar-refractivity contribution in [2.24, 2.45) is 0 Å². The molecule has 0 radical (unpaired) electrons. The van der Waals surface area contributed by atoms with E-state index in [4.69, 9.17) is 9.72 Å². The van der Waals surface area contributed by atoms with Crippen molar-refractivity contribution >= 4 is 22.2 Å². The Morgan fingerprint density at radius 3 is 2.93 bits per heavy atom. The standard InChI is InChI=1S/C22H22N6O/c1-2-15-12-24-9-4-17(15)20(3-1)29-16-13-27(14-16)22-18-5-8-23-10-6-19(18)26-21-7-11-25-28(21)22/h1-4,7,9,11-12,16,23H,5-6,8,10,13-14H2. The Morgan fingerprint density at radius 1 is 1.03 bits per heavy atom. The molecule has 3 aromatic heterocycles. The van der Waals surface area contributed by atoms with Crippen molar-refractivity contribution in [1.82, 2.24) is 24.9 Å². The van der Waals surface area contributed by atoms with Crippen molar-refractivity contribution in [2.75, 3.05) is 31.1 Å². The molecule has 0 amide bonds. The Hall–Kier alpha value is -3.19. The van der Waals surface area contributed by atoms with Crippen LogP contribution in [0.25, 0.3) is 16.4 Å². The molecule has 0 bridgehead atoms. The lowest BCUT2D eigenvalue weighted by atomic mass is 10.1. The van der Waals surface area contributed by atoms with Gasteiger partial charge in [0.1, 0.15) is 17.7 Å². The normalized spacial score (nSPS) is 17.2. The van der Waals surface area contributed by atoms with Crippen LogP contribution in [0.15, 0.2) is 48.9 Å². The molecule has 146 valence electrons. The van der Waals surface area contributed by atoms with E-state index >= 15 is 0 Å². The van der Waals surface area contributed by atoms with Crippen molar-refractivity contribution in [3.63, 3.8) is 0 Å². The number of nitrogens with zero attached hydrogens (tertiary/aromatic N) is 5. The third-order valence-electron chi connectivity index (χ3n) is 5.86. The van der Waals surface area contributed by atoms with Crippen molar-refractivity contribution < 1.29 is 4.74 Å². The molecular formula is C22H22N6O. The highest BCUT2D eigenvalue weighted by Crippen LogP contribution is 2.32. The number of hydrogen-bond acceptors (Lipinski definition) is 6. The summed E-state index contributed by atoms with van der Waals surface area (Å²) in [4.78, 5) is 11.4. The fourth-order valence-electron chi connectivity index (χ4n) is 4.40. The molecule has 1 saturated heterocycles. The summed E-state index contributed by atoms with van der Waals surface area (Å²) in [6.45, 7) is 3.65. The van der Waals surface area contributed by atoms with E-state index in [0.29, 0.717) is 0 Å². The van der Waals surface area contributed by atoms with Gasteiger partial charge < -0.3 is 15.0 Å². The van der Waals surface area contributed by atoms with Gasteiger partial charge in [0.05, 0.1) is 25.0 Å². The zero-order valence-corrected chi connectivity index (χ0v) is 16.1. The third-order valence-corrected chi connectivity index (χ3v) is 5.86. The van der Waals surface area contributed by atoms with E-state index < -0.39 is 0 Å². The molecule has 0 aliphatic carbocycles. The summed E-state index contributed by atoms with van der Waals surface area (Å²) in [6, 6.07) is 10.1. The molecule has 0 spiro atoms. The average molecular weight is 386 g/mol. The third kappa shape index (κ3) is 2.81. The van der Waals surface area contributed by atoms with Gasteiger partial charge in [0.15, 0.2) is 5.65 Å². The predicted octanol–water partition coefficient (Wildman–Crippen LogP) is 2.23. The van der Waals surface area contributed by atoms with E-state index in [1.54, 1.807) is 0 Å². The number of aromatic nitrogens is 4. The molecule has 1 aromatic carbocycles. The number of pyridine rings is 1. The summed E-state index contributed by atoms with van der Waals surface area (Å²) in [5.41, 5.74) is 3.44. The Labute approximate surface area is 168 Å². The number of fused-ring (bicyclic) bond motifs is 3. The summed E-state index contributed by atoms with van der Waals surface area (Å²) in [6.07, 6.45) is 7.63. The Balaban J connectivity index is 1.29. The van der Waals surface area contributed by atoms with E-state index in [1.165, 1.54) is 17.1 Å². The van der Waals surface area contributed by atoms with Crippen LogP contribution in [-0.4, -0.2) is 51.9 Å². The molecule has 0 unspecified atom stereocenters. The second kappa shape index (κ2) is 6.70. The van der Waals surface area contributed by atoms with Gasteiger partial charge >= 0.3 is 0 Å². The van der Waals surface area contributed by atoms with Crippen molar-refractivity contribution in [3.8, 4) is 5.75 Å². The van der Waals surface area contributed by atoms with E-state index in [1.807, 2.05) is 47.4 Å². The van der Waals surface area contributed by atoms with Gasteiger partial charge in [-0.05, 0) is 25.1 Å². The largest absolute Gasteiger partial charge is 0.486 e. The smallest absolute Gasteiger partial charge is 0.157 e. The van der Waals surface area contributed by atoms with E-state index in [0.717, 1.165) is 61.2 Å². The fraction of sp³-hybridized carbons (Fsp3) is 0.318. The molecule has 29 heavy (non-hydrogen) atoms. The van der Waals surface area contributed by atoms with Gasteiger partial charge in [-0.1, -0.05) is 12.1 Å². The first-order chi connectivity index (χ1) is 14.4. The van der Waals surface area contributed by atoms with Crippen molar-refractivity contribution in [3.05, 3.63) is 60.2 Å². The van der Waals surface area contributed by atoms with E-state index in [-0.39, 0.29) is 6.10 Å². The minimum Gasteiger partial charge on any atom is -0.486 e. The van der Waals surface area contributed by atoms with Crippen LogP contribution in [0.4, 0.5) is 5.82 Å². The number of ether oxygens (including phenoxy) is 1. The van der Waals surface area contributed by atoms with Crippen molar-refractivity contribution in [1.29, 1.82) is 0 Å². The Morgan fingerprint density at radius 2 is 1.97 bits per heavy atom. The lowest BCUT2D eigenvalue weighted by molar-refractivity contribution is 0.168. The summed E-state index contributed by atoms with van der Waals surface area (Å²) in [5.74, 6) is 2.11. The maximum absolute atomic E-state index is 6.35. The summed E-state index contributed by atoms with van der Waals surface area (Å²) in [5, 5.41) is 10.3. The van der Waals surface area contributed by atoms with E-state index in [9.17, 15) is 0 Å². The Bertz CT molecular complexity index is 1190. The molecule has 7 heteroatoms. The summed E-state index contributed by atoms with van der Waals surface area (Å²) >= 11 is 0. The van der Waals surface area contributed by atoms with Gasteiger partial charge in [0.25, 0.3) is 0 Å². The Kier molecular flexibility index (Phi) is 3.87. The fourth-order valence-corrected chi connectivity index (χ4v) is 4.40. The van der Waals surface area contributed by atoms with Crippen LogP contribution in [0.3, 0.4) is 0 Å². The van der Waals surface area contributed by atoms with Crippen LogP contribution in [0.5, 0.6) is 5.75 Å². The summed E-state index contributed by atoms with van der Waals surface area (Å²) in [7, 11) is 0. The number of rotatable bonds is 3. The maximum atomic E-state index is 6.35. The number of hydrogen-bond donors (Lipinski definition) is 1. The molecule has 0 atom stereocenters. The molecule has 1 N–H and O–H groups in total. The quantitative estimate of drug-likeness (QED) is 0.582.